The van der Waals surface area contributed by atoms with E-state index in [1.807, 2.05) is 18.2 Å². The van der Waals surface area contributed by atoms with E-state index in [4.69, 9.17) is 9.47 Å². The molecule has 0 unspecified atom stereocenters. The third kappa shape index (κ3) is 6.25. The van der Waals surface area contributed by atoms with E-state index in [1.165, 1.54) is 0 Å². The molecule has 1 aromatic heterocycles. The largest absolute Gasteiger partial charge is 0.462 e. The zero-order valence-electron chi connectivity index (χ0n) is 17.6. The molecule has 0 aliphatic carbocycles. The lowest BCUT2D eigenvalue weighted by atomic mass is 10.1. The molecule has 10 heteroatoms. The number of aromatic nitrogens is 1. The fourth-order valence-electron chi connectivity index (χ4n) is 3.07. The number of anilines is 2. The van der Waals surface area contributed by atoms with Crippen molar-refractivity contribution >= 4 is 39.9 Å². The van der Waals surface area contributed by atoms with Crippen LogP contribution in [-0.4, -0.2) is 62.2 Å². The standard InChI is InChI=1S/C21H26N4O5S/c1-3-30-20(28)18-14(2)23-21(31-18)24-17(26)7-8-22-19(27)15-5-4-6-16(13-15)25-9-11-29-12-10-25/h4-6,13H,3,7-12H2,1-2H3,(H,22,27)(H,23,24,26). The highest BCUT2D eigenvalue weighted by molar-refractivity contribution is 7.17. The van der Waals surface area contributed by atoms with Gasteiger partial charge in [-0.1, -0.05) is 17.4 Å². The van der Waals surface area contributed by atoms with Crippen molar-refractivity contribution in [3.63, 3.8) is 0 Å². The second kappa shape index (κ2) is 10.9. The van der Waals surface area contributed by atoms with E-state index in [0.29, 0.717) is 34.5 Å². The number of esters is 1. The Kier molecular flexibility index (Phi) is 7.96. The summed E-state index contributed by atoms with van der Waals surface area (Å²) in [5.41, 5.74) is 2.02. The molecule has 0 atom stereocenters. The van der Waals surface area contributed by atoms with Crippen molar-refractivity contribution in [3.05, 3.63) is 40.4 Å². The van der Waals surface area contributed by atoms with Crippen LogP contribution in [0.25, 0.3) is 0 Å². The second-order valence-electron chi connectivity index (χ2n) is 6.86. The van der Waals surface area contributed by atoms with Crippen LogP contribution >= 0.6 is 11.3 Å². The Hall–Kier alpha value is -2.98. The number of ether oxygens (including phenoxy) is 2. The summed E-state index contributed by atoms with van der Waals surface area (Å²) >= 11 is 1.07. The van der Waals surface area contributed by atoms with Crippen LogP contribution in [0.15, 0.2) is 24.3 Å². The molecule has 2 heterocycles. The van der Waals surface area contributed by atoms with E-state index < -0.39 is 5.97 Å². The van der Waals surface area contributed by atoms with Gasteiger partial charge in [-0.05, 0) is 32.0 Å². The van der Waals surface area contributed by atoms with Crippen LogP contribution in [0.5, 0.6) is 0 Å². The topological polar surface area (TPSA) is 110 Å². The molecule has 0 radical (unpaired) electrons. The lowest BCUT2D eigenvalue weighted by Gasteiger charge is -2.29. The van der Waals surface area contributed by atoms with E-state index in [0.717, 1.165) is 30.1 Å². The molecule has 31 heavy (non-hydrogen) atoms. The average Bonchev–Trinajstić information content (AvgIpc) is 3.14. The van der Waals surface area contributed by atoms with Gasteiger partial charge < -0.3 is 25.0 Å². The van der Waals surface area contributed by atoms with Crippen molar-refractivity contribution in [2.24, 2.45) is 0 Å². The Bertz CT molecular complexity index is 940. The van der Waals surface area contributed by atoms with Gasteiger partial charge in [0.05, 0.1) is 25.5 Å². The van der Waals surface area contributed by atoms with Gasteiger partial charge >= 0.3 is 5.97 Å². The number of thiazole rings is 1. The minimum atomic E-state index is -0.454. The summed E-state index contributed by atoms with van der Waals surface area (Å²) in [6, 6.07) is 7.40. The number of hydrogen-bond donors (Lipinski definition) is 2. The summed E-state index contributed by atoms with van der Waals surface area (Å²) < 4.78 is 10.3. The van der Waals surface area contributed by atoms with E-state index >= 15 is 0 Å². The minimum Gasteiger partial charge on any atom is -0.462 e. The molecule has 1 aliphatic heterocycles. The van der Waals surface area contributed by atoms with Crippen molar-refractivity contribution in [1.82, 2.24) is 10.3 Å². The molecule has 2 N–H and O–H groups in total. The molecular weight excluding hydrogens is 420 g/mol. The molecule has 3 rings (SSSR count). The molecule has 9 nitrogen and oxygen atoms in total. The SMILES string of the molecule is CCOC(=O)c1sc(NC(=O)CCNC(=O)c2cccc(N3CCOCC3)c2)nc1C. The van der Waals surface area contributed by atoms with E-state index in [-0.39, 0.29) is 31.4 Å². The van der Waals surface area contributed by atoms with Gasteiger partial charge in [0.25, 0.3) is 5.91 Å². The van der Waals surface area contributed by atoms with Gasteiger partial charge in [0.15, 0.2) is 5.13 Å². The zero-order chi connectivity index (χ0) is 22.2. The number of aryl methyl sites for hydroxylation is 1. The summed E-state index contributed by atoms with van der Waals surface area (Å²) in [6.07, 6.45) is 0.0856. The molecule has 2 aromatic rings. The number of nitrogens with one attached hydrogen (secondary N) is 2. The van der Waals surface area contributed by atoms with Crippen molar-refractivity contribution in [1.29, 1.82) is 0 Å². The van der Waals surface area contributed by atoms with Crippen LogP contribution in [0, 0.1) is 6.92 Å². The highest BCUT2D eigenvalue weighted by atomic mass is 32.1. The Balaban J connectivity index is 1.48. The van der Waals surface area contributed by atoms with Gasteiger partial charge in [0, 0.05) is 37.3 Å². The first kappa shape index (κ1) is 22.7. The molecule has 166 valence electrons. The summed E-state index contributed by atoms with van der Waals surface area (Å²) in [6.45, 7) is 6.79. The van der Waals surface area contributed by atoms with Crippen LogP contribution in [0.4, 0.5) is 10.8 Å². The second-order valence-corrected chi connectivity index (χ2v) is 7.86. The number of carbonyl (C=O) groups excluding carboxylic acids is 3. The fourth-order valence-corrected chi connectivity index (χ4v) is 3.95. The number of hydrogen-bond acceptors (Lipinski definition) is 8. The van der Waals surface area contributed by atoms with Gasteiger partial charge in [0.1, 0.15) is 4.88 Å². The van der Waals surface area contributed by atoms with Gasteiger partial charge in [-0.25, -0.2) is 9.78 Å². The number of nitrogens with zero attached hydrogens (tertiary/aromatic N) is 2. The van der Waals surface area contributed by atoms with Crippen LogP contribution in [0.3, 0.4) is 0 Å². The van der Waals surface area contributed by atoms with Crippen molar-refractivity contribution in [3.8, 4) is 0 Å². The van der Waals surface area contributed by atoms with Crippen molar-refractivity contribution in [2.75, 3.05) is 49.7 Å². The summed E-state index contributed by atoms with van der Waals surface area (Å²) in [5.74, 6) is -0.992. The molecule has 1 fully saturated rings. The van der Waals surface area contributed by atoms with Gasteiger partial charge in [0.2, 0.25) is 5.91 Å². The smallest absolute Gasteiger partial charge is 0.350 e. The molecule has 1 saturated heterocycles. The third-order valence-corrected chi connectivity index (χ3v) is 5.68. The zero-order valence-corrected chi connectivity index (χ0v) is 18.4. The predicted molar refractivity (Wildman–Crippen MR) is 118 cm³/mol. The minimum absolute atomic E-state index is 0.0856. The lowest BCUT2D eigenvalue weighted by molar-refractivity contribution is -0.116. The number of carbonyl (C=O) groups is 3. The predicted octanol–water partition coefficient (Wildman–Crippen LogP) is 2.22. The summed E-state index contributed by atoms with van der Waals surface area (Å²) in [5, 5.41) is 5.75. The van der Waals surface area contributed by atoms with Crippen LogP contribution in [0.1, 0.15) is 39.1 Å². The lowest BCUT2D eigenvalue weighted by Crippen LogP contribution is -2.36. The number of morpholine rings is 1. The van der Waals surface area contributed by atoms with Gasteiger partial charge in [-0.3, -0.25) is 9.59 Å². The molecular formula is C21H26N4O5S. The van der Waals surface area contributed by atoms with E-state index in [9.17, 15) is 14.4 Å². The van der Waals surface area contributed by atoms with Crippen LogP contribution in [-0.2, 0) is 14.3 Å². The van der Waals surface area contributed by atoms with Crippen molar-refractivity contribution in [2.45, 2.75) is 20.3 Å². The molecule has 0 spiro atoms. The maximum absolute atomic E-state index is 12.5. The monoisotopic (exact) mass is 446 g/mol. The molecule has 2 amide bonds. The Labute approximate surface area is 184 Å². The first-order valence-corrected chi connectivity index (χ1v) is 10.9. The van der Waals surface area contributed by atoms with E-state index in [2.05, 4.69) is 20.5 Å². The molecule has 1 aromatic carbocycles. The maximum Gasteiger partial charge on any atom is 0.350 e. The van der Waals surface area contributed by atoms with Gasteiger partial charge in [-0.15, -0.1) is 0 Å². The molecule has 0 bridgehead atoms. The number of rotatable bonds is 8. The number of benzene rings is 1. The molecule has 1 aliphatic rings. The quantitative estimate of drug-likeness (QED) is 0.598. The van der Waals surface area contributed by atoms with Gasteiger partial charge in [-0.2, -0.15) is 0 Å². The molecule has 0 saturated carbocycles. The van der Waals surface area contributed by atoms with Crippen LogP contribution < -0.4 is 15.5 Å². The van der Waals surface area contributed by atoms with Crippen LogP contribution in [0.2, 0.25) is 0 Å². The van der Waals surface area contributed by atoms with E-state index in [1.54, 1.807) is 19.9 Å². The highest BCUT2D eigenvalue weighted by Gasteiger charge is 2.18. The number of amides is 2. The Morgan fingerprint density at radius 2 is 2.03 bits per heavy atom. The summed E-state index contributed by atoms with van der Waals surface area (Å²) in [4.78, 5) is 43.2. The maximum atomic E-state index is 12.5. The fraction of sp³-hybridized carbons (Fsp3) is 0.429. The van der Waals surface area contributed by atoms with Crippen molar-refractivity contribution < 1.29 is 23.9 Å². The normalized spacial score (nSPS) is 13.5. The first-order valence-electron chi connectivity index (χ1n) is 10.1. The third-order valence-electron chi connectivity index (χ3n) is 4.63. The summed E-state index contributed by atoms with van der Waals surface area (Å²) in [7, 11) is 0. The average molecular weight is 447 g/mol. The highest BCUT2D eigenvalue weighted by Crippen LogP contribution is 2.23. The Morgan fingerprint density at radius 3 is 2.77 bits per heavy atom. The first-order chi connectivity index (χ1) is 15.0. The Morgan fingerprint density at radius 1 is 1.26 bits per heavy atom.